The van der Waals surface area contributed by atoms with Crippen LogP contribution in [-0.2, 0) is 16.6 Å². The Morgan fingerprint density at radius 1 is 1.04 bits per heavy atom. The molecule has 7 nitrogen and oxygen atoms in total. The number of rotatable bonds is 9. The second-order valence-corrected chi connectivity index (χ2v) is 7.87. The van der Waals surface area contributed by atoms with Gasteiger partial charge in [0.05, 0.1) is 25.5 Å². The van der Waals surface area contributed by atoms with E-state index >= 15 is 0 Å². The molecule has 0 aliphatic heterocycles. The van der Waals surface area contributed by atoms with E-state index < -0.39 is 15.9 Å². The number of amides is 1. The lowest BCUT2D eigenvalue weighted by atomic mass is 10.2. The Morgan fingerprint density at radius 3 is 2.37 bits per heavy atom. The Balaban J connectivity index is 1.87. The van der Waals surface area contributed by atoms with E-state index in [4.69, 9.17) is 9.47 Å². The maximum Gasteiger partial charge on any atom is 0.255 e. The van der Waals surface area contributed by atoms with Crippen LogP contribution in [0.3, 0.4) is 0 Å². The largest absolute Gasteiger partial charge is 0.497 e. The van der Waals surface area contributed by atoms with E-state index in [0.29, 0.717) is 17.1 Å². The molecule has 0 saturated carbocycles. The second-order valence-electron chi connectivity index (χ2n) is 5.95. The first-order valence-corrected chi connectivity index (χ1v) is 10.0. The van der Waals surface area contributed by atoms with Crippen LogP contribution in [0.15, 0.2) is 42.5 Å². The fraction of sp³-hybridized carbons (Fsp3) is 0.316. The van der Waals surface area contributed by atoms with Crippen LogP contribution in [0, 0.1) is 6.92 Å². The third-order valence-corrected chi connectivity index (χ3v) is 5.25. The first-order valence-electron chi connectivity index (χ1n) is 8.38. The molecule has 1 amide bonds. The summed E-state index contributed by atoms with van der Waals surface area (Å²) in [4.78, 5) is 12.3. The molecule has 27 heavy (non-hydrogen) atoms. The summed E-state index contributed by atoms with van der Waals surface area (Å²) in [7, 11) is -0.544. The van der Waals surface area contributed by atoms with Gasteiger partial charge in [0, 0.05) is 19.2 Å². The smallest absolute Gasteiger partial charge is 0.255 e. The zero-order chi connectivity index (χ0) is 19.9. The van der Waals surface area contributed by atoms with E-state index in [9.17, 15) is 13.2 Å². The second kappa shape index (κ2) is 9.38. The number of methoxy groups -OCH3 is 2. The van der Waals surface area contributed by atoms with Gasteiger partial charge in [0.25, 0.3) is 5.91 Å². The minimum Gasteiger partial charge on any atom is -0.497 e. The standard InChI is InChI=1S/C19H24N2O5S/c1-14-4-6-15(7-5-14)13-21-27(23,24)11-10-20-19(22)17-9-8-16(25-2)12-18(17)26-3/h4-9,12,21H,10-11,13H2,1-3H3,(H,20,22). The lowest BCUT2D eigenvalue weighted by molar-refractivity contribution is 0.0953. The summed E-state index contributed by atoms with van der Waals surface area (Å²) in [6, 6.07) is 12.4. The molecular formula is C19H24N2O5S. The lowest BCUT2D eigenvalue weighted by Gasteiger charge is -2.11. The number of carbonyl (C=O) groups is 1. The number of benzene rings is 2. The molecule has 0 aromatic heterocycles. The van der Waals surface area contributed by atoms with Gasteiger partial charge in [-0.2, -0.15) is 0 Å². The Labute approximate surface area is 159 Å². The Hall–Kier alpha value is -2.58. The number of sulfonamides is 1. The van der Waals surface area contributed by atoms with Crippen molar-refractivity contribution in [3.63, 3.8) is 0 Å². The van der Waals surface area contributed by atoms with Crippen LogP contribution in [0.1, 0.15) is 21.5 Å². The molecule has 0 spiro atoms. The van der Waals surface area contributed by atoms with Gasteiger partial charge in [-0.1, -0.05) is 29.8 Å². The van der Waals surface area contributed by atoms with Crippen LogP contribution in [0.2, 0.25) is 0 Å². The molecule has 0 heterocycles. The number of nitrogens with one attached hydrogen (secondary N) is 2. The number of aryl methyl sites for hydroxylation is 1. The van der Waals surface area contributed by atoms with E-state index in [0.717, 1.165) is 11.1 Å². The van der Waals surface area contributed by atoms with Crippen LogP contribution in [0.25, 0.3) is 0 Å². The third kappa shape index (κ3) is 6.26. The molecule has 8 heteroatoms. The number of carbonyl (C=O) groups excluding carboxylic acids is 1. The van der Waals surface area contributed by atoms with Crippen molar-refractivity contribution in [2.75, 3.05) is 26.5 Å². The van der Waals surface area contributed by atoms with E-state index in [2.05, 4.69) is 10.0 Å². The van der Waals surface area contributed by atoms with Gasteiger partial charge in [-0.15, -0.1) is 0 Å². The van der Waals surface area contributed by atoms with Crippen LogP contribution in [-0.4, -0.2) is 40.8 Å². The van der Waals surface area contributed by atoms with Gasteiger partial charge < -0.3 is 14.8 Å². The maximum atomic E-state index is 12.3. The molecule has 2 rings (SSSR count). The monoisotopic (exact) mass is 392 g/mol. The van der Waals surface area contributed by atoms with Gasteiger partial charge in [0.15, 0.2) is 0 Å². The molecule has 0 aliphatic carbocycles. The quantitative estimate of drug-likeness (QED) is 0.679. The summed E-state index contributed by atoms with van der Waals surface area (Å²) in [5.74, 6) is 0.282. The van der Waals surface area contributed by atoms with Crippen molar-refractivity contribution >= 4 is 15.9 Å². The number of ether oxygens (including phenoxy) is 2. The maximum absolute atomic E-state index is 12.3. The van der Waals surface area contributed by atoms with Gasteiger partial charge in [0.2, 0.25) is 10.0 Å². The van der Waals surface area contributed by atoms with Crippen LogP contribution in [0.5, 0.6) is 11.5 Å². The zero-order valence-corrected chi connectivity index (χ0v) is 16.4. The predicted molar refractivity (Wildman–Crippen MR) is 104 cm³/mol. The minimum atomic E-state index is -3.51. The van der Waals surface area contributed by atoms with E-state index in [1.54, 1.807) is 18.2 Å². The fourth-order valence-corrected chi connectivity index (χ4v) is 3.25. The van der Waals surface area contributed by atoms with Crippen molar-refractivity contribution in [1.29, 1.82) is 0 Å². The first kappa shape index (κ1) is 20.7. The van der Waals surface area contributed by atoms with Crippen molar-refractivity contribution in [2.45, 2.75) is 13.5 Å². The molecule has 146 valence electrons. The molecule has 0 fully saturated rings. The molecule has 0 atom stereocenters. The number of hydrogen-bond donors (Lipinski definition) is 2. The molecule has 2 aromatic rings. The van der Waals surface area contributed by atoms with E-state index in [1.165, 1.54) is 14.2 Å². The highest BCUT2D eigenvalue weighted by Gasteiger charge is 2.15. The average molecular weight is 392 g/mol. The summed E-state index contributed by atoms with van der Waals surface area (Å²) < 4.78 is 37.0. The van der Waals surface area contributed by atoms with Crippen molar-refractivity contribution in [3.8, 4) is 11.5 Å². The van der Waals surface area contributed by atoms with Gasteiger partial charge >= 0.3 is 0 Å². The van der Waals surface area contributed by atoms with E-state index in [1.807, 2.05) is 31.2 Å². The van der Waals surface area contributed by atoms with Crippen LogP contribution < -0.4 is 19.5 Å². The van der Waals surface area contributed by atoms with Crippen molar-refractivity contribution < 1.29 is 22.7 Å². The highest BCUT2D eigenvalue weighted by atomic mass is 32.2. The summed E-state index contributed by atoms with van der Waals surface area (Å²) in [5.41, 5.74) is 2.29. The van der Waals surface area contributed by atoms with Crippen LogP contribution in [0.4, 0.5) is 0 Å². The molecule has 2 N–H and O–H groups in total. The highest BCUT2D eigenvalue weighted by molar-refractivity contribution is 7.89. The van der Waals surface area contributed by atoms with Crippen LogP contribution >= 0.6 is 0 Å². The predicted octanol–water partition coefficient (Wildman–Crippen LogP) is 1.86. The Morgan fingerprint density at radius 2 is 1.74 bits per heavy atom. The fourth-order valence-electron chi connectivity index (χ4n) is 2.35. The topological polar surface area (TPSA) is 93.7 Å². The Bertz CT molecular complexity index is 879. The third-order valence-electron chi connectivity index (χ3n) is 3.93. The summed E-state index contributed by atoms with van der Waals surface area (Å²) in [5, 5.41) is 2.59. The van der Waals surface area contributed by atoms with Gasteiger partial charge in [0.1, 0.15) is 11.5 Å². The molecule has 0 bridgehead atoms. The Kier molecular flexibility index (Phi) is 7.20. The average Bonchev–Trinajstić information content (AvgIpc) is 2.66. The summed E-state index contributed by atoms with van der Waals surface area (Å²) in [6.07, 6.45) is 0. The minimum absolute atomic E-state index is 0.0166. The SMILES string of the molecule is COc1ccc(C(=O)NCCS(=O)(=O)NCc2ccc(C)cc2)c(OC)c1. The highest BCUT2D eigenvalue weighted by Crippen LogP contribution is 2.24. The van der Waals surface area contributed by atoms with Crippen molar-refractivity contribution in [1.82, 2.24) is 10.0 Å². The summed E-state index contributed by atoms with van der Waals surface area (Å²) >= 11 is 0. The number of hydrogen-bond acceptors (Lipinski definition) is 5. The van der Waals surface area contributed by atoms with Crippen molar-refractivity contribution in [2.24, 2.45) is 0 Å². The van der Waals surface area contributed by atoms with Gasteiger partial charge in [-0.25, -0.2) is 13.1 Å². The molecule has 0 unspecified atom stereocenters. The first-order chi connectivity index (χ1) is 12.8. The van der Waals surface area contributed by atoms with Gasteiger partial charge in [-0.05, 0) is 24.6 Å². The van der Waals surface area contributed by atoms with Gasteiger partial charge in [-0.3, -0.25) is 4.79 Å². The molecule has 0 saturated heterocycles. The normalized spacial score (nSPS) is 11.1. The molecule has 2 aromatic carbocycles. The zero-order valence-electron chi connectivity index (χ0n) is 15.6. The summed E-state index contributed by atoms with van der Waals surface area (Å²) in [6.45, 7) is 2.16. The molecular weight excluding hydrogens is 368 g/mol. The van der Waals surface area contributed by atoms with Crippen molar-refractivity contribution in [3.05, 3.63) is 59.2 Å². The molecule has 0 radical (unpaired) electrons. The lowest BCUT2D eigenvalue weighted by Crippen LogP contribution is -2.34. The van der Waals surface area contributed by atoms with E-state index in [-0.39, 0.29) is 18.8 Å². The molecule has 0 aliphatic rings.